The summed E-state index contributed by atoms with van der Waals surface area (Å²) in [6.07, 6.45) is 5.42. The minimum Gasteiger partial charge on any atom is -0.369 e. The Hall–Kier alpha value is -2.15. The van der Waals surface area contributed by atoms with E-state index < -0.39 is 0 Å². The molecule has 2 aromatic heterocycles. The van der Waals surface area contributed by atoms with Crippen molar-refractivity contribution >= 4 is 5.91 Å². The standard InChI is InChI=1S/C16H23N5O2/c1-10-8-18-21(9-10)6-4-5-17-16(22)15-13-7-11(2)23-12(3)14(13)19-20-15/h8-9,11-12H,4-7H2,1-3H3,(H,17,22)(H,19,20)/t11-,12+/m1/s1. The summed E-state index contributed by atoms with van der Waals surface area (Å²) in [4.78, 5) is 12.3. The molecule has 2 atom stereocenters. The van der Waals surface area contributed by atoms with E-state index in [1.165, 1.54) is 0 Å². The van der Waals surface area contributed by atoms with E-state index in [2.05, 4.69) is 20.6 Å². The van der Waals surface area contributed by atoms with Gasteiger partial charge in [0.15, 0.2) is 5.69 Å². The number of H-pyrrole nitrogens is 1. The molecular weight excluding hydrogens is 294 g/mol. The van der Waals surface area contributed by atoms with Crippen LogP contribution < -0.4 is 5.32 Å². The number of carbonyl (C=O) groups is 1. The monoisotopic (exact) mass is 317 g/mol. The first kappa shape index (κ1) is 15.7. The van der Waals surface area contributed by atoms with Crippen molar-refractivity contribution in [3.05, 3.63) is 34.9 Å². The number of aromatic nitrogens is 4. The van der Waals surface area contributed by atoms with Crippen LogP contribution in [0.25, 0.3) is 0 Å². The molecule has 23 heavy (non-hydrogen) atoms. The highest BCUT2D eigenvalue weighted by Gasteiger charge is 2.29. The van der Waals surface area contributed by atoms with Gasteiger partial charge in [0.1, 0.15) is 0 Å². The molecule has 1 amide bonds. The maximum absolute atomic E-state index is 12.3. The van der Waals surface area contributed by atoms with E-state index in [-0.39, 0.29) is 18.1 Å². The zero-order valence-electron chi connectivity index (χ0n) is 13.8. The van der Waals surface area contributed by atoms with Crippen LogP contribution >= 0.6 is 0 Å². The van der Waals surface area contributed by atoms with Gasteiger partial charge in [0.05, 0.1) is 24.1 Å². The molecule has 0 saturated carbocycles. The molecule has 0 aromatic carbocycles. The van der Waals surface area contributed by atoms with Gasteiger partial charge in [0, 0.05) is 31.3 Å². The largest absolute Gasteiger partial charge is 0.369 e. The van der Waals surface area contributed by atoms with Crippen LogP contribution in [-0.4, -0.2) is 38.5 Å². The van der Waals surface area contributed by atoms with E-state index in [1.54, 1.807) is 0 Å². The molecule has 2 N–H and O–H groups in total. The fraction of sp³-hybridized carbons (Fsp3) is 0.562. The smallest absolute Gasteiger partial charge is 0.272 e. The number of aromatic amines is 1. The lowest BCUT2D eigenvalue weighted by Crippen LogP contribution is -2.28. The molecule has 0 aliphatic carbocycles. The summed E-state index contributed by atoms with van der Waals surface area (Å²) in [6, 6.07) is 0. The Morgan fingerprint density at radius 1 is 1.52 bits per heavy atom. The lowest BCUT2D eigenvalue weighted by atomic mass is 9.99. The summed E-state index contributed by atoms with van der Waals surface area (Å²) < 4.78 is 7.63. The Morgan fingerprint density at radius 3 is 3.09 bits per heavy atom. The molecule has 3 rings (SSSR count). The van der Waals surface area contributed by atoms with Gasteiger partial charge in [-0.05, 0) is 32.8 Å². The summed E-state index contributed by atoms with van der Waals surface area (Å²) in [5.74, 6) is -0.125. The highest BCUT2D eigenvalue weighted by atomic mass is 16.5. The summed E-state index contributed by atoms with van der Waals surface area (Å²) in [5.41, 5.74) is 3.54. The van der Waals surface area contributed by atoms with Gasteiger partial charge < -0.3 is 10.1 Å². The van der Waals surface area contributed by atoms with Crippen molar-refractivity contribution in [2.75, 3.05) is 6.54 Å². The molecule has 124 valence electrons. The second-order valence-corrected chi connectivity index (χ2v) is 6.15. The lowest BCUT2D eigenvalue weighted by molar-refractivity contribution is -0.00697. The Bertz CT molecular complexity index is 690. The number of ether oxygens (including phenoxy) is 1. The maximum Gasteiger partial charge on any atom is 0.272 e. The second-order valence-electron chi connectivity index (χ2n) is 6.15. The molecule has 2 aromatic rings. The number of hydrogen-bond donors (Lipinski definition) is 2. The van der Waals surface area contributed by atoms with Crippen molar-refractivity contribution in [2.45, 2.75) is 52.4 Å². The number of aryl methyl sites for hydroxylation is 2. The van der Waals surface area contributed by atoms with Crippen LogP contribution in [0.15, 0.2) is 12.4 Å². The van der Waals surface area contributed by atoms with E-state index in [1.807, 2.05) is 37.8 Å². The molecule has 3 heterocycles. The number of carbonyl (C=O) groups excluding carboxylic acids is 1. The fourth-order valence-corrected chi connectivity index (χ4v) is 2.98. The molecule has 0 fully saturated rings. The number of amides is 1. The van der Waals surface area contributed by atoms with Gasteiger partial charge >= 0.3 is 0 Å². The zero-order valence-corrected chi connectivity index (χ0v) is 13.8. The maximum atomic E-state index is 12.3. The number of fused-ring (bicyclic) bond motifs is 1. The van der Waals surface area contributed by atoms with Crippen molar-refractivity contribution in [1.82, 2.24) is 25.3 Å². The first-order chi connectivity index (χ1) is 11.0. The van der Waals surface area contributed by atoms with E-state index in [9.17, 15) is 4.79 Å². The molecule has 1 aliphatic heterocycles. The Balaban J connectivity index is 1.55. The summed E-state index contributed by atoms with van der Waals surface area (Å²) in [5, 5.41) is 14.3. The zero-order chi connectivity index (χ0) is 16.4. The van der Waals surface area contributed by atoms with Gasteiger partial charge in [0.2, 0.25) is 0 Å². The van der Waals surface area contributed by atoms with Crippen LogP contribution in [0, 0.1) is 6.92 Å². The molecule has 0 unspecified atom stereocenters. The van der Waals surface area contributed by atoms with Crippen LogP contribution in [0.3, 0.4) is 0 Å². The third-order valence-corrected chi connectivity index (χ3v) is 4.06. The first-order valence-electron chi connectivity index (χ1n) is 8.04. The van der Waals surface area contributed by atoms with Gasteiger partial charge in [-0.25, -0.2) is 0 Å². The molecule has 1 aliphatic rings. The van der Waals surface area contributed by atoms with Gasteiger partial charge in [0.25, 0.3) is 5.91 Å². The third kappa shape index (κ3) is 3.44. The van der Waals surface area contributed by atoms with Gasteiger partial charge in [-0.15, -0.1) is 0 Å². The van der Waals surface area contributed by atoms with E-state index >= 15 is 0 Å². The van der Waals surface area contributed by atoms with Gasteiger partial charge in [-0.3, -0.25) is 14.6 Å². The fourth-order valence-electron chi connectivity index (χ4n) is 2.98. The van der Waals surface area contributed by atoms with Crippen LogP contribution in [-0.2, 0) is 17.7 Å². The van der Waals surface area contributed by atoms with E-state index in [0.717, 1.165) is 29.8 Å². The minimum atomic E-state index is -0.125. The third-order valence-electron chi connectivity index (χ3n) is 4.06. The van der Waals surface area contributed by atoms with E-state index in [0.29, 0.717) is 18.7 Å². The number of nitrogens with zero attached hydrogens (tertiary/aromatic N) is 3. The quantitative estimate of drug-likeness (QED) is 0.823. The molecule has 0 saturated heterocycles. The Kier molecular flexibility index (Phi) is 4.47. The van der Waals surface area contributed by atoms with Crippen molar-refractivity contribution in [2.24, 2.45) is 0 Å². The van der Waals surface area contributed by atoms with Crippen molar-refractivity contribution in [3.63, 3.8) is 0 Å². The predicted molar refractivity (Wildman–Crippen MR) is 85.2 cm³/mol. The second kappa shape index (κ2) is 6.54. The Labute approximate surface area is 135 Å². The number of rotatable bonds is 5. The van der Waals surface area contributed by atoms with Gasteiger partial charge in [-0.2, -0.15) is 10.2 Å². The summed E-state index contributed by atoms with van der Waals surface area (Å²) in [6.45, 7) is 7.38. The van der Waals surface area contributed by atoms with Crippen LogP contribution in [0.5, 0.6) is 0 Å². The highest BCUT2D eigenvalue weighted by Crippen LogP contribution is 2.29. The lowest BCUT2D eigenvalue weighted by Gasteiger charge is -2.25. The predicted octanol–water partition coefficient (Wildman–Crippen LogP) is 1.76. The van der Waals surface area contributed by atoms with Crippen molar-refractivity contribution < 1.29 is 9.53 Å². The van der Waals surface area contributed by atoms with E-state index in [4.69, 9.17) is 4.74 Å². The molecule has 7 nitrogen and oxygen atoms in total. The molecule has 0 spiro atoms. The summed E-state index contributed by atoms with van der Waals surface area (Å²) >= 11 is 0. The molecule has 0 bridgehead atoms. The first-order valence-corrected chi connectivity index (χ1v) is 8.04. The molecular formula is C16H23N5O2. The molecule has 0 radical (unpaired) electrons. The average molecular weight is 317 g/mol. The topological polar surface area (TPSA) is 84.8 Å². The van der Waals surface area contributed by atoms with Crippen molar-refractivity contribution in [3.8, 4) is 0 Å². The Morgan fingerprint density at radius 2 is 2.35 bits per heavy atom. The highest BCUT2D eigenvalue weighted by molar-refractivity contribution is 5.94. The average Bonchev–Trinajstić information content (AvgIpc) is 3.09. The van der Waals surface area contributed by atoms with Crippen molar-refractivity contribution in [1.29, 1.82) is 0 Å². The van der Waals surface area contributed by atoms with Gasteiger partial charge in [-0.1, -0.05) is 0 Å². The number of hydrogen-bond acceptors (Lipinski definition) is 4. The van der Waals surface area contributed by atoms with Crippen LogP contribution in [0.4, 0.5) is 0 Å². The summed E-state index contributed by atoms with van der Waals surface area (Å²) in [7, 11) is 0. The SMILES string of the molecule is Cc1cnn(CCCNC(=O)c2n[nH]c3c2C[C@@H](C)O[C@H]3C)c1. The van der Waals surface area contributed by atoms with Crippen LogP contribution in [0.2, 0.25) is 0 Å². The minimum absolute atomic E-state index is 0.0501. The number of nitrogens with one attached hydrogen (secondary N) is 2. The molecule has 7 heteroatoms. The normalized spacial score (nSPS) is 20.3. The van der Waals surface area contributed by atoms with Crippen LogP contribution in [0.1, 0.15) is 53.7 Å².